The molecule has 102 valence electrons. The Kier molecular flexibility index (Phi) is 5.02. The van der Waals surface area contributed by atoms with Crippen molar-refractivity contribution in [3.05, 3.63) is 51.5 Å². The lowest BCUT2D eigenvalue weighted by Crippen LogP contribution is -2.17. The van der Waals surface area contributed by atoms with E-state index in [0.29, 0.717) is 11.4 Å². The molecule has 2 aromatic rings. The van der Waals surface area contributed by atoms with E-state index in [1.165, 1.54) is 0 Å². The quantitative estimate of drug-likeness (QED) is 0.894. The molecule has 1 atom stereocenters. The fourth-order valence-corrected chi connectivity index (χ4v) is 3.06. The maximum Gasteiger partial charge on any atom is 0.110 e. The van der Waals surface area contributed by atoms with Crippen LogP contribution in [0.4, 0.5) is 0 Å². The molecule has 1 heterocycles. The van der Waals surface area contributed by atoms with Gasteiger partial charge in [-0.05, 0) is 24.1 Å². The Hall–Kier alpha value is -0.840. The van der Waals surface area contributed by atoms with E-state index in [9.17, 15) is 0 Å². The minimum absolute atomic E-state index is 0.0929. The molecule has 0 bridgehead atoms. The van der Waals surface area contributed by atoms with Gasteiger partial charge in [0.15, 0.2) is 0 Å². The highest BCUT2D eigenvalue weighted by Crippen LogP contribution is 2.27. The van der Waals surface area contributed by atoms with Gasteiger partial charge in [0.25, 0.3) is 0 Å². The van der Waals surface area contributed by atoms with Crippen LogP contribution in [0.1, 0.15) is 30.8 Å². The third-order valence-corrected chi connectivity index (χ3v) is 3.95. The summed E-state index contributed by atoms with van der Waals surface area (Å²) in [5, 5.41) is 0.704. The van der Waals surface area contributed by atoms with E-state index in [1.807, 2.05) is 30.6 Å². The van der Waals surface area contributed by atoms with Gasteiger partial charge >= 0.3 is 0 Å². The van der Waals surface area contributed by atoms with Crippen molar-refractivity contribution >= 4 is 27.5 Å². The van der Waals surface area contributed by atoms with E-state index in [-0.39, 0.29) is 6.04 Å². The lowest BCUT2D eigenvalue weighted by molar-refractivity contribution is 0.598. The molecule has 2 N–H and O–H groups in total. The van der Waals surface area contributed by atoms with Gasteiger partial charge in [-0.3, -0.25) is 0 Å². The van der Waals surface area contributed by atoms with Crippen molar-refractivity contribution in [2.24, 2.45) is 5.73 Å². The number of rotatable bonds is 5. The summed E-state index contributed by atoms with van der Waals surface area (Å²) in [7, 11) is 0. The van der Waals surface area contributed by atoms with Crippen LogP contribution >= 0.6 is 27.5 Å². The second-order valence-electron chi connectivity index (χ2n) is 4.51. The van der Waals surface area contributed by atoms with Gasteiger partial charge < -0.3 is 10.3 Å². The summed E-state index contributed by atoms with van der Waals surface area (Å²) in [5.41, 5.74) is 7.33. The first-order valence-corrected chi connectivity index (χ1v) is 7.49. The number of hydrogen-bond acceptors (Lipinski definition) is 2. The number of nitrogens with zero attached hydrogens (tertiary/aromatic N) is 2. The Morgan fingerprint density at radius 2 is 2.26 bits per heavy atom. The minimum Gasteiger partial charge on any atom is -0.335 e. The van der Waals surface area contributed by atoms with Crippen molar-refractivity contribution in [2.45, 2.75) is 32.4 Å². The molecule has 0 radical (unpaired) electrons. The van der Waals surface area contributed by atoms with Crippen LogP contribution < -0.4 is 5.73 Å². The third kappa shape index (κ3) is 3.59. The van der Waals surface area contributed by atoms with Gasteiger partial charge in [0.2, 0.25) is 0 Å². The normalized spacial score (nSPS) is 12.6. The topological polar surface area (TPSA) is 43.8 Å². The zero-order chi connectivity index (χ0) is 13.8. The second-order valence-corrected chi connectivity index (χ2v) is 5.80. The third-order valence-electron chi connectivity index (χ3n) is 3.03. The summed E-state index contributed by atoms with van der Waals surface area (Å²) >= 11 is 9.45. The van der Waals surface area contributed by atoms with E-state index < -0.39 is 0 Å². The van der Waals surface area contributed by atoms with Gasteiger partial charge in [-0.2, -0.15) is 0 Å². The zero-order valence-electron chi connectivity index (χ0n) is 10.8. The number of benzene rings is 1. The van der Waals surface area contributed by atoms with E-state index in [4.69, 9.17) is 17.3 Å². The van der Waals surface area contributed by atoms with Crippen molar-refractivity contribution in [1.29, 1.82) is 0 Å². The Morgan fingerprint density at radius 3 is 2.95 bits per heavy atom. The molecule has 0 amide bonds. The first-order valence-electron chi connectivity index (χ1n) is 6.32. The van der Waals surface area contributed by atoms with Crippen molar-refractivity contribution in [3.8, 4) is 0 Å². The molecule has 0 saturated carbocycles. The minimum atomic E-state index is -0.0929. The molecule has 1 unspecified atom stereocenters. The summed E-state index contributed by atoms with van der Waals surface area (Å²) in [5.74, 6) is 1.02. The molecule has 19 heavy (non-hydrogen) atoms. The van der Waals surface area contributed by atoms with Crippen LogP contribution in [0.2, 0.25) is 5.02 Å². The fourth-order valence-electron chi connectivity index (χ4n) is 2.08. The molecule has 3 nitrogen and oxygen atoms in total. The van der Waals surface area contributed by atoms with Gasteiger partial charge in [-0.25, -0.2) is 4.98 Å². The van der Waals surface area contributed by atoms with E-state index in [0.717, 1.165) is 28.8 Å². The maximum atomic E-state index is 6.28. The number of aryl methyl sites for hydroxylation is 1. The van der Waals surface area contributed by atoms with E-state index >= 15 is 0 Å². The molecule has 1 aromatic carbocycles. The van der Waals surface area contributed by atoms with Gasteiger partial charge in [0.05, 0.1) is 0 Å². The fraction of sp³-hybridized carbons (Fsp3) is 0.357. The summed E-state index contributed by atoms with van der Waals surface area (Å²) < 4.78 is 3.10. The SMILES string of the molecule is CCCn1ccnc1CC(N)c1ccc(Cl)cc1Br. The van der Waals surface area contributed by atoms with Crippen LogP contribution in [0.15, 0.2) is 35.1 Å². The Balaban J connectivity index is 2.16. The Labute approximate surface area is 126 Å². The van der Waals surface area contributed by atoms with Gasteiger partial charge in [-0.1, -0.05) is 40.5 Å². The van der Waals surface area contributed by atoms with Crippen molar-refractivity contribution in [3.63, 3.8) is 0 Å². The van der Waals surface area contributed by atoms with Gasteiger partial charge in [-0.15, -0.1) is 0 Å². The lowest BCUT2D eigenvalue weighted by atomic mass is 10.0. The second kappa shape index (κ2) is 6.55. The summed E-state index contributed by atoms with van der Waals surface area (Å²) in [4.78, 5) is 4.39. The standard InChI is InChI=1S/C14H17BrClN3/c1-2-6-19-7-5-18-14(19)9-13(17)11-4-3-10(16)8-12(11)15/h3-5,7-8,13H,2,6,9,17H2,1H3. The van der Waals surface area contributed by atoms with Crippen LogP contribution in [0.5, 0.6) is 0 Å². The Morgan fingerprint density at radius 1 is 1.47 bits per heavy atom. The first-order chi connectivity index (χ1) is 9.11. The average Bonchev–Trinajstić information content (AvgIpc) is 2.77. The van der Waals surface area contributed by atoms with Crippen LogP contribution in [-0.2, 0) is 13.0 Å². The molecule has 5 heteroatoms. The van der Waals surface area contributed by atoms with Crippen LogP contribution in [0.25, 0.3) is 0 Å². The molecule has 0 spiro atoms. The molecule has 0 aliphatic heterocycles. The van der Waals surface area contributed by atoms with Crippen molar-refractivity contribution < 1.29 is 0 Å². The monoisotopic (exact) mass is 341 g/mol. The van der Waals surface area contributed by atoms with Crippen molar-refractivity contribution in [2.75, 3.05) is 0 Å². The predicted octanol–water partition coefficient (Wildman–Crippen LogP) is 3.95. The number of imidazole rings is 1. The molecular formula is C14H17BrClN3. The predicted molar refractivity (Wildman–Crippen MR) is 82.3 cm³/mol. The maximum absolute atomic E-state index is 6.28. The van der Waals surface area contributed by atoms with Crippen LogP contribution in [-0.4, -0.2) is 9.55 Å². The van der Waals surface area contributed by atoms with Gasteiger partial charge in [0.1, 0.15) is 5.82 Å². The highest BCUT2D eigenvalue weighted by Gasteiger charge is 2.14. The van der Waals surface area contributed by atoms with E-state index in [1.54, 1.807) is 0 Å². The smallest absolute Gasteiger partial charge is 0.110 e. The first kappa shape index (κ1) is 14.6. The Bertz CT molecular complexity index is 553. The van der Waals surface area contributed by atoms with Gasteiger partial charge in [0, 0.05) is 40.9 Å². The van der Waals surface area contributed by atoms with Crippen molar-refractivity contribution in [1.82, 2.24) is 9.55 Å². The molecule has 0 aliphatic carbocycles. The number of hydrogen-bond donors (Lipinski definition) is 1. The number of nitrogens with two attached hydrogens (primary N) is 1. The molecule has 1 aromatic heterocycles. The highest BCUT2D eigenvalue weighted by molar-refractivity contribution is 9.10. The molecule has 0 saturated heterocycles. The molecule has 2 rings (SSSR count). The molecule has 0 aliphatic rings. The number of aromatic nitrogens is 2. The largest absolute Gasteiger partial charge is 0.335 e. The van der Waals surface area contributed by atoms with Crippen LogP contribution in [0, 0.1) is 0 Å². The van der Waals surface area contributed by atoms with Crippen LogP contribution in [0.3, 0.4) is 0 Å². The molecule has 0 fully saturated rings. The summed E-state index contributed by atoms with van der Waals surface area (Å²) in [6.07, 6.45) is 5.63. The lowest BCUT2D eigenvalue weighted by Gasteiger charge is -2.15. The summed E-state index contributed by atoms with van der Waals surface area (Å²) in [6, 6.07) is 5.60. The number of halogens is 2. The van der Waals surface area contributed by atoms with E-state index in [2.05, 4.69) is 32.4 Å². The summed E-state index contributed by atoms with van der Waals surface area (Å²) in [6.45, 7) is 3.13. The average molecular weight is 343 g/mol. The zero-order valence-corrected chi connectivity index (χ0v) is 13.2. The molecular weight excluding hydrogens is 326 g/mol. The highest BCUT2D eigenvalue weighted by atomic mass is 79.9.